The second kappa shape index (κ2) is 33.0. The lowest BCUT2D eigenvalue weighted by Gasteiger charge is -2.20. The largest absolute Gasteiger partial charge is 0.212 e. The van der Waals surface area contributed by atoms with Crippen molar-refractivity contribution < 1.29 is 33.3 Å². The molecule has 0 aliphatic heterocycles. The molecule has 4 heterocycles. The molecule has 4 heteroatoms. The fourth-order valence-electron chi connectivity index (χ4n) is 13.8. The van der Waals surface area contributed by atoms with Crippen LogP contribution in [0.1, 0.15) is 164 Å². The van der Waals surface area contributed by atoms with Crippen molar-refractivity contribution in [3.8, 4) is 89.5 Å². The molecule has 0 unspecified atom stereocenters. The summed E-state index contributed by atoms with van der Waals surface area (Å²) in [5, 5.41) is 0. The molecule has 0 N–H and O–H groups in total. The molecular formula is C98H116N4+4. The van der Waals surface area contributed by atoms with Gasteiger partial charge in [-0.25, -0.2) is 18.3 Å². The highest BCUT2D eigenvalue weighted by Gasteiger charge is 2.24. The first kappa shape index (κ1) is 62.2. The lowest BCUT2D eigenvalue weighted by molar-refractivity contribution is -0.661. The molecule has 0 spiro atoms. The zero-order chi connectivity index (χ0) is 83.5. The minimum Gasteiger partial charge on any atom is -0.201 e. The Morgan fingerprint density at radius 1 is 0.324 bits per heavy atom. The van der Waals surface area contributed by atoms with Gasteiger partial charge in [0, 0.05) is 84.4 Å². The molecule has 0 aliphatic carbocycles. The van der Waals surface area contributed by atoms with Crippen molar-refractivity contribution >= 4 is 0 Å². The van der Waals surface area contributed by atoms with Gasteiger partial charge in [-0.15, -0.1) is 0 Å². The third kappa shape index (κ3) is 18.7. The molecule has 12 rings (SSSR count). The van der Waals surface area contributed by atoms with Gasteiger partial charge in [0.25, 0.3) is 0 Å². The molecule has 0 fully saturated rings. The molecule has 0 aliphatic rings. The molecule has 0 amide bonds. The first-order valence-corrected chi connectivity index (χ1v) is 36.0. The van der Waals surface area contributed by atoms with Crippen LogP contribution in [-0.4, -0.2) is 0 Å². The van der Waals surface area contributed by atoms with Crippen molar-refractivity contribution in [2.75, 3.05) is 0 Å². The molecule has 4 aromatic heterocycles. The fourth-order valence-corrected chi connectivity index (χ4v) is 13.8. The highest BCUT2D eigenvalue weighted by atomic mass is 14.9. The zero-order valence-electron chi connectivity index (χ0n) is 75.9. The summed E-state index contributed by atoms with van der Waals surface area (Å²) in [7, 11) is 8.06. The highest BCUT2D eigenvalue weighted by molar-refractivity contribution is 5.80. The van der Waals surface area contributed by atoms with Crippen LogP contribution in [0.4, 0.5) is 0 Å². The van der Waals surface area contributed by atoms with Gasteiger partial charge >= 0.3 is 0 Å². The summed E-state index contributed by atoms with van der Waals surface area (Å²) in [6.07, 6.45) is 7.30. The van der Waals surface area contributed by atoms with E-state index in [1.54, 1.807) is 44.5 Å². The van der Waals surface area contributed by atoms with Crippen LogP contribution in [0.2, 0.25) is 0 Å². The molecule has 0 atom stereocenters. The van der Waals surface area contributed by atoms with Gasteiger partial charge in [-0.05, 0) is 262 Å². The van der Waals surface area contributed by atoms with Crippen LogP contribution >= 0.6 is 0 Å². The first-order chi connectivity index (χ1) is 52.7. The number of hydrogen-bond donors (Lipinski definition) is 0. The van der Waals surface area contributed by atoms with Crippen LogP contribution in [-0.2, 0) is 41.0 Å². The van der Waals surface area contributed by atoms with Gasteiger partial charge < -0.3 is 0 Å². The molecule has 0 bridgehead atoms. The lowest BCUT2D eigenvalue weighted by atomic mass is 9.86. The molecule has 0 saturated carbocycles. The Balaban J connectivity index is 0.000000175. The Morgan fingerprint density at radius 2 is 0.686 bits per heavy atom. The van der Waals surface area contributed by atoms with Crippen molar-refractivity contribution in [2.45, 2.75) is 164 Å². The maximum absolute atomic E-state index is 8.87. The van der Waals surface area contributed by atoms with Crippen LogP contribution in [0.5, 0.6) is 0 Å². The summed E-state index contributed by atoms with van der Waals surface area (Å²) < 4.78 is 98.5. The van der Waals surface area contributed by atoms with Crippen molar-refractivity contribution in [1.82, 2.24) is 0 Å². The van der Waals surface area contributed by atoms with Crippen molar-refractivity contribution in [3.05, 3.63) is 307 Å². The molecule has 102 heavy (non-hydrogen) atoms. The first-order valence-electron chi connectivity index (χ1n) is 41.5. The van der Waals surface area contributed by atoms with Gasteiger partial charge in [0.1, 0.15) is 28.2 Å². The van der Waals surface area contributed by atoms with Crippen LogP contribution in [0.25, 0.3) is 89.5 Å². The van der Waals surface area contributed by atoms with Gasteiger partial charge in [-0.2, -0.15) is 0 Å². The number of benzene rings is 8. The zero-order valence-corrected chi connectivity index (χ0v) is 64.9. The van der Waals surface area contributed by atoms with E-state index in [1.165, 1.54) is 101 Å². The summed E-state index contributed by atoms with van der Waals surface area (Å²) in [4.78, 5) is 0. The average molecular weight is 1360 g/mol. The van der Waals surface area contributed by atoms with Crippen LogP contribution in [0, 0.1) is 108 Å². The Kier molecular flexibility index (Phi) is 20.1. The molecule has 524 valence electrons. The summed E-state index contributed by atoms with van der Waals surface area (Å²) in [6, 6.07) is 64.2. The minimum absolute atomic E-state index is 0.0378. The number of nitrogens with zero attached hydrogens (tertiary/aromatic N) is 4. The number of hydrogen-bond acceptors (Lipinski definition) is 0. The standard InChI is InChI=1S/C27H34N.C25H30N.C24H28N.C22H24N/c1-18-9-11-22(12-10-18)24-15-25(20(3)13-19(24)2)26-14-23(16-27(5,6)7)21(4)17-28(26)8;1-17(2)12-22-16-26(6)25(14-18(22)3)24-15-23(19(4)13-20(24)5)21-10-8-7-9-11-21;1-16(2)23-15-25(6)24(13-19(23)5)22-14-21(17(3)12-18(22)4)20-10-8-7-9-11-20;1-15-6-8-19(9-7-15)20-14-21(18(4)13-17(20)3)22-12-16(2)10-11-23(22)5/h9-15,17H,16H2,1-8H3;7-11,13-17H,12H2,1-6H3;7-16H,1-6H3;6-14H,1-5H3/q4*+1/i2D3,4D3,16D2;;;3D3. The SMILES string of the molecule is Cc1cc(-c2cc(-c3ccccc3)c(C)cc2C)[n+](C)cc1CC(C)C.Cc1cc(C)c(-c2cc(C)c(C(C)C)c[n+]2C)cc1-c1ccccc1.[2H]C([2H])([2H])c1cc(C)c(-c2cc(C([2H])([2H])C(C)(C)C)c(C([2H])([2H])[2H])c[n+]2C)cc1-c1ccc(C)cc1.[2H]C([2H])([2H])c1cc(C)c(-c2cc(C)cc[n+]2C)cc1-c1ccc(C)cc1. The quantitative estimate of drug-likeness (QED) is 0.108. The van der Waals surface area contributed by atoms with Gasteiger partial charge in [-0.3, -0.25) is 0 Å². The normalized spacial score (nSPS) is 13.4. The second-order valence-corrected chi connectivity index (χ2v) is 30.2. The molecule has 4 nitrogen and oxygen atoms in total. The van der Waals surface area contributed by atoms with Gasteiger partial charge in [0.2, 0.25) is 22.8 Å². The van der Waals surface area contributed by atoms with Gasteiger partial charge in [-0.1, -0.05) is 193 Å². The van der Waals surface area contributed by atoms with E-state index in [0.29, 0.717) is 39.8 Å². The van der Waals surface area contributed by atoms with Crippen molar-refractivity contribution in [1.29, 1.82) is 0 Å². The highest BCUT2D eigenvalue weighted by Crippen LogP contribution is 2.37. The van der Waals surface area contributed by atoms with E-state index in [0.717, 1.165) is 51.1 Å². The predicted octanol–water partition coefficient (Wildman–Crippen LogP) is 23.6. The van der Waals surface area contributed by atoms with E-state index in [1.807, 2.05) is 108 Å². The summed E-state index contributed by atoms with van der Waals surface area (Å²) in [6.45, 7) is 30.5. The van der Waals surface area contributed by atoms with Crippen LogP contribution in [0.15, 0.2) is 213 Å². The van der Waals surface area contributed by atoms with E-state index in [9.17, 15) is 0 Å². The summed E-state index contributed by atoms with van der Waals surface area (Å²) >= 11 is 0. The Morgan fingerprint density at radius 3 is 1.10 bits per heavy atom. The average Bonchev–Trinajstić information content (AvgIpc) is 0.763. The van der Waals surface area contributed by atoms with E-state index >= 15 is 0 Å². The van der Waals surface area contributed by atoms with E-state index in [2.05, 4.69) is 226 Å². The van der Waals surface area contributed by atoms with Gasteiger partial charge in [0.05, 0.1) is 0 Å². The maximum atomic E-state index is 8.87. The third-order valence-electron chi connectivity index (χ3n) is 19.3. The minimum atomic E-state index is -2.50. The van der Waals surface area contributed by atoms with E-state index in [-0.39, 0.29) is 16.7 Å². The second-order valence-electron chi connectivity index (χ2n) is 30.2. The molecular weight excluding hydrogens is 1230 g/mol. The van der Waals surface area contributed by atoms with E-state index in [4.69, 9.17) is 15.1 Å². The predicted molar refractivity (Wildman–Crippen MR) is 436 cm³/mol. The number of aryl methyl sites for hydroxylation is 18. The van der Waals surface area contributed by atoms with E-state index < -0.39 is 32.3 Å². The lowest BCUT2D eigenvalue weighted by Crippen LogP contribution is -2.32. The fraction of sp³-hybridized carbons (Fsp3) is 0.306. The Bertz CT molecular complexity index is 5410. The van der Waals surface area contributed by atoms with Gasteiger partial charge in [0.15, 0.2) is 24.8 Å². The number of pyridine rings is 4. The molecule has 0 radical (unpaired) electrons. The Hall–Kier alpha value is -9.64. The monoisotopic (exact) mass is 1360 g/mol. The van der Waals surface area contributed by atoms with Crippen molar-refractivity contribution in [3.63, 3.8) is 0 Å². The molecule has 8 aromatic carbocycles. The summed E-state index contributed by atoms with van der Waals surface area (Å²) in [5.41, 5.74) is 32.7. The van der Waals surface area contributed by atoms with Crippen molar-refractivity contribution in [2.24, 2.45) is 39.5 Å². The molecule has 0 saturated heterocycles. The number of rotatable bonds is 12. The third-order valence-corrected chi connectivity index (χ3v) is 19.3. The van der Waals surface area contributed by atoms with Crippen LogP contribution in [0.3, 0.4) is 0 Å². The topological polar surface area (TPSA) is 15.5 Å². The Labute approximate surface area is 630 Å². The molecule has 12 aromatic rings. The van der Waals surface area contributed by atoms with Crippen LogP contribution < -0.4 is 18.3 Å². The maximum Gasteiger partial charge on any atom is 0.212 e. The number of aromatic nitrogens is 4. The smallest absolute Gasteiger partial charge is 0.201 e. The summed E-state index contributed by atoms with van der Waals surface area (Å²) in [5.74, 6) is 1.21.